The number of hydrogen-bond donors (Lipinski definition) is 1. The van der Waals surface area contributed by atoms with Gasteiger partial charge in [-0.3, -0.25) is 4.79 Å². The van der Waals surface area contributed by atoms with E-state index in [2.05, 4.69) is 4.98 Å². The number of nitriles is 1. The zero-order valence-corrected chi connectivity index (χ0v) is 15.0. The molecule has 0 atom stereocenters. The highest BCUT2D eigenvalue weighted by molar-refractivity contribution is 6.36. The molecule has 0 saturated carbocycles. The van der Waals surface area contributed by atoms with E-state index in [4.69, 9.17) is 22.6 Å². The summed E-state index contributed by atoms with van der Waals surface area (Å²) in [6.45, 7) is 3.36. The number of rotatable bonds is 5. The minimum Gasteiger partial charge on any atom is -0.395 e. The van der Waals surface area contributed by atoms with Gasteiger partial charge in [0.05, 0.1) is 16.8 Å². The van der Waals surface area contributed by atoms with E-state index in [1.54, 1.807) is 32.1 Å². The van der Waals surface area contributed by atoms with Crippen molar-refractivity contribution in [3.05, 3.63) is 51.7 Å². The number of carbonyl (C=O) groups is 1. The van der Waals surface area contributed by atoms with E-state index in [1.807, 2.05) is 6.07 Å². The number of nitrogens with two attached hydrogens (primary N) is 1. The van der Waals surface area contributed by atoms with Crippen molar-refractivity contribution in [2.45, 2.75) is 26.7 Å². The van der Waals surface area contributed by atoms with Crippen LogP contribution in [0.15, 0.2) is 18.2 Å². The van der Waals surface area contributed by atoms with Gasteiger partial charge in [-0.2, -0.15) is 5.26 Å². The Morgan fingerprint density at radius 3 is 2.69 bits per heavy atom. The molecule has 1 aromatic carbocycles. The van der Waals surface area contributed by atoms with Crippen molar-refractivity contribution in [2.24, 2.45) is 0 Å². The Morgan fingerprint density at radius 2 is 2.08 bits per heavy atom. The van der Waals surface area contributed by atoms with E-state index < -0.39 is 23.1 Å². The van der Waals surface area contributed by atoms with Crippen LogP contribution in [0.4, 0.5) is 14.5 Å². The summed E-state index contributed by atoms with van der Waals surface area (Å²) in [5.74, 6) is -2.22. The van der Waals surface area contributed by atoms with Gasteiger partial charge in [-0.25, -0.2) is 13.8 Å². The van der Waals surface area contributed by atoms with E-state index in [9.17, 15) is 13.6 Å². The summed E-state index contributed by atoms with van der Waals surface area (Å²) in [4.78, 5) is 16.1. The van der Waals surface area contributed by atoms with Gasteiger partial charge >= 0.3 is 0 Å². The molecule has 0 aliphatic heterocycles. The molecule has 0 fully saturated rings. The molecule has 0 radical (unpaired) electrons. The van der Waals surface area contributed by atoms with Gasteiger partial charge in [0.25, 0.3) is 0 Å². The van der Waals surface area contributed by atoms with Crippen LogP contribution < -0.4 is 5.73 Å². The third-order valence-corrected chi connectivity index (χ3v) is 4.25. The lowest BCUT2D eigenvalue weighted by Crippen LogP contribution is -2.10. The lowest BCUT2D eigenvalue weighted by atomic mass is 10.00. The van der Waals surface area contributed by atoms with E-state index >= 15 is 0 Å². The Hall–Kier alpha value is -2.78. The van der Waals surface area contributed by atoms with Crippen LogP contribution in [0, 0.1) is 29.9 Å². The van der Waals surface area contributed by atoms with Crippen LogP contribution in [-0.2, 0) is 0 Å². The third-order valence-electron chi connectivity index (χ3n) is 3.87. The molecule has 134 valence electrons. The SMILES string of the molecule is C/C=C\c1ccc(-c2nc(C(=O)CCC#N)c(Cl)c(N)c2F)c(F)c1C. The first-order valence-electron chi connectivity index (χ1n) is 7.80. The number of ketones is 1. The zero-order valence-electron chi connectivity index (χ0n) is 14.2. The average Bonchev–Trinajstić information content (AvgIpc) is 2.63. The first kappa shape index (κ1) is 19.5. The lowest BCUT2D eigenvalue weighted by molar-refractivity contribution is 0.0979. The molecule has 0 bridgehead atoms. The maximum Gasteiger partial charge on any atom is 0.183 e. The number of allylic oxidation sites excluding steroid dienone is 1. The molecule has 7 heteroatoms. The van der Waals surface area contributed by atoms with Gasteiger partial charge in [0.2, 0.25) is 0 Å². The van der Waals surface area contributed by atoms with Gasteiger partial charge in [-0.1, -0.05) is 29.8 Å². The van der Waals surface area contributed by atoms with Crippen LogP contribution in [0.1, 0.15) is 41.4 Å². The first-order chi connectivity index (χ1) is 12.3. The van der Waals surface area contributed by atoms with Crippen molar-refractivity contribution in [1.82, 2.24) is 4.98 Å². The summed E-state index contributed by atoms with van der Waals surface area (Å²) in [6.07, 6.45) is 3.29. The first-order valence-corrected chi connectivity index (χ1v) is 8.18. The van der Waals surface area contributed by atoms with Crippen molar-refractivity contribution < 1.29 is 13.6 Å². The highest BCUT2D eigenvalue weighted by Gasteiger charge is 2.24. The van der Waals surface area contributed by atoms with Gasteiger partial charge in [-0.05, 0) is 31.0 Å². The maximum atomic E-state index is 14.8. The summed E-state index contributed by atoms with van der Waals surface area (Å²) in [5.41, 5.74) is 5.35. The lowest BCUT2D eigenvalue weighted by Gasteiger charge is -2.13. The van der Waals surface area contributed by atoms with Crippen LogP contribution >= 0.6 is 11.6 Å². The number of carbonyl (C=O) groups excluding carboxylic acids is 1. The molecule has 0 unspecified atom stereocenters. The Morgan fingerprint density at radius 1 is 1.38 bits per heavy atom. The summed E-state index contributed by atoms with van der Waals surface area (Å²) < 4.78 is 29.4. The molecule has 1 aromatic heterocycles. The molecule has 0 amide bonds. The number of nitrogens with zero attached hydrogens (tertiary/aromatic N) is 2. The summed E-state index contributed by atoms with van der Waals surface area (Å²) in [5, 5.41) is 8.27. The number of halogens is 3. The average molecular weight is 376 g/mol. The van der Waals surface area contributed by atoms with E-state index in [1.165, 1.54) is 6.07 Å². The minimum absolute atomic E-state index is 0.0467. The minimum atomic E-state index is -0.996. The second kappa shape index (κ2) is 8.07. The second-order valence-corrected chi connectivity index (χ2v) is 5.95. The topological polar surface area (TPSA) is 79.8 Å². The molecule has 0 aliphatic rings. The molecular weight excluding hydrogens is 360 g/mol. The smallest absolute Gasteiger partial charge is 0.183 e. The quantitative estimate of drug-likeness (QED) is 0.738. The molecule has 2 aromatic rings. The molecule has 2 rings (SSSR count). The van der Waals surface area contributed by atoms with Crippen LogP contribution in [0.2, 0.25) is 5.02 Å². The maximum absolute atomic E-state index is 14.8. The number of anilines is 1. The summed E-state index contributed by atoms with van der Waals surface area (Å²) in [6, 6.07) is 4.83. The zero-order chi connectivity index (χ0) is 19.4. The van der Waals surface area contributed by atoms with E-state index in [0.717, 1.165) is 0 Å². The number of benzene rings is 1. The Balaban J connectivity index is 2.68. The fraction of sp³-hybridized carbons (Fsp3) is 0.211. The fourth-order valence-corrected chi connectivity index (χ4v) is 2.69. The van der Waals surface area contributed by atoms with Crippen molar-refractivity contribution in [1.29, 1.82) is 5.26 Å². The van der Waals surface area contributed by atoms with Gasteiger partial charge in [0.15, 0.2) is 11.6 Å². The van der Waals surface area contributed by atoms with Crippen molar-refractivity contribution in [3.8, 4) is 17.3 Å². The van der Waals surface area contributed by atoms with E-state index in [-0.39, 0.29) is 34.8 Å². The van der Waals surface area contributed by atoms with Crippen LogP contribution in [0.5, 0.6) is 0 Å². The second-order valence-electron chi connectivity index (χ2n) is 5.57. The fourth-order valence-electron chi connectivity index (χ4n) is 2.46. The van der Waals surface area contributed by atoms with Crippen LogP contribution in [0.3, 0.4) is 0 Å². The molecule has 1 heterocycles. The summed E-state index contributed by atoms with van der Waals surface area (Å²) in [7, 11) is 0. The van der Waals surface area contributed by atoms with Crippen LogP contribution in [0.25, 0.3) is 17.3 Å². The van der Waals surface area contributed by atoms with Crippen molar-refractivity contribution in [2.75, 3.05) is 5.73 Å². The van der Waals surface area contributed by atoms with Crippen LogP contribution in [-0.4, -0.2) is 10.8 Å². The third kappa shape index (κ3) is 3.58. The number of pyridine rings is 1. The number of hydrogen-bond acceptors (Lipinski definition) is 4. The molecule has 0 aliphatic carbocycles. The molecule has 4 nitrogen and oxygen atoms in total. The van der Waals surface area contributed by atoms with Gasteiger partial charge in [-0.15, -0.1) is 0 Å². The number of aromatic nitrogens is 1. The van der Waals surface area contributed by atoms with Crippen molar-refractivity contribution >= 4 is 29.1 Å². The molecule has 0 saturated heterocycles. The normalized spacial score (nSPS) is 10.9. The van der Waals surface area contributed by atoms with Gasteiger partial charge < -0.3 is 5.73 Å². The van der Waals surface area contributed by atoms with Gasteiger partial charge in [0.1, 0.15) is 17.2 Å². The highest BCUT2D eigenvalue weighted by atomic mass is 35.5. The Kier molecular flexibility index (Phi) is 6.06. The Bertz CT molecular complexity index is 949. The highest BCUT2D eigenvalue weighted by Crippen LogP contribution is 2.35. The molecular formula is C19H16ClF2N3O. The number of Topliss-reactive ketones (excluding diaryl/α,β-unsaturated/α-hetero) is 1. The Labute approximate surface area is 154 Å². The molecule has 0 spiro atoms. The number of nitrogen functional groups attached to an aromatic ring is 1. The van der Waals surface area contributed by atoms with Crippen molar-refractivity contribution in [3.63, 3.8) is 0 Å². The molecule has 26 heavy (non-hydrogen) atoms. The molecule has 2 N–H and O–H groups in total. The predicted molar refractivity (Wildman–Crippen MR) is 97.6 cm³/mol. The summed E-state index contributed by atoms with van der Waals surface area (Å²) >= 11 is 5.94. The van der Waals surface area contributed by atoms with E-state index in [0.29, 0.717) is 11.1 Å². The monoisotopic (exact) mass is 375 g/mol. The van der Waals surface area contributed by atoms with Gasteiger partial charge in [0, 0.05) is 18.4 Å². The predicted octanol–water partition coefficient (Wildman–Crippen LogP) is 5.09. The standard InChI is InChI=1S/C19H16ClF2N3O/c1-3-5-11-7-8-12(15(21)10(11)2)18-16(22)17(24)14(20)19(25-18)13(26)6-4-9-23/h3,5,7-8H,4,6H2,1-2H3,(H2,24,25)/b5-3-. The largest absolute Gasteiger partial charge is 0.395 e.